The van der Waals surface area contributed by atoms with Gasteiger partial charge < -0.3 is 0 Å². The van der Waals surface area contributed by atoms with Crippen molar-refractivity contribution in [2.75, 3.05) is 0 Å². The summed E-state index contributed by atoms with van der Waals surface area (Å²) in [5.41, 5.74) is 0. The lowest BCUT2D eigenvalue weighted by molar-refractivity contribution is 0.318. The van der Waals surface area contributed by atoms with E-state index in [0.717, 1.165) is 4.47 Å². The predicted octanol–water partition coefficient (Wildman–Crippen LogP) is 1.38. The highest BCUT2D eigenvalue weighted by Crippen LogP contribution is 2.06. The molecule has 1 aromatic heterocycles. The summed E-state index contributed by atoms with van der Waals surface area (Å²) in [4.78, 5) is 6.73. The van der Waals surface area contributed by atoms with Crippen LogP contribution in [0, 0.1) is 0 Å². The van der Waals surface area contributed by atoms with Gasteiger partial charge in [-0.1, -0.05) is 0 Å². The minimum absolute atomic E-state index is 0.451. The molecule has 0 atom stereocenters. The predicted molar refractivity (Wildman–Crippen MR) is 29.9 cm³/mol. The summed E-state index contributed by atoms with van der Waals surface area (Å²) in [5, 5.41) is 10.2. The molecule has 41 valence electrons. The first-order chi connectivity index (χ1) is 3.79. The lowest BCUT2D eigenvalue weighted by Gasteiger charge is -1.82. The molecule has 0 saturated carbocycles. The summed E-state index contributed by atoms with van der Waals surface area (Å²) in [6, 6.07) is -0.451. The number of hydrogen-bond donors (Lipinski definition) is 0. The van der Waals surface area contributed by atoms with Gasteiger partial charge in [-0.05, 0) is 15.9 Å². The Labute approximate surface area is 54.5 Å². The lowest BCUT2D eigenvalue weighted by Crippen LogP contribution is -1.75. The standard InChI is InChI=1S/C4H2BrN2O/c5-3-1-6-4(8)7-2-3/h1-2H. The number of halogens is 1. The van der Waals surface area contributed by atoms with Crippen LogP contribution in [-0.4, -0.2) is 9.97 Å². The van der Waals surface area contributed by atoms with Gasteiger partial charge in [0.1, 0.15) is 0 Å². The normalized spacial score (nSPS) is 9.12. The third-order valence-corrected chi connectivity index (χ3v) is 1.01. The van der Waals surface area contributed by atoms with Gasteiger partial charge in [-0.25, -0.2) is 5.11 Å². The summed E-state index contributed by atoms with van der Waals surface area (Å²) in [5.74, 6) is 0. The van der Waals surface area contributed by atoms with Gasteiger partial charge in [0.05, 0.1) is 4.47 Å². The van der Waals surface area contributed by atoms with Crippen molar-refractivity contribution in [3.63, 3.8) is 0 Å². The van der Waals surface area contributed by atoms with Crippen LogP contribution in [0.4, 0.5) is 0 Å². The van der Waals surface area contributed by atoms with E-state index >= 15 is 0 Å². The maximum absolute atomic E-state index is 10.2. The second-order valence-corrected chi connectivity index (χ2v) is 2.10. The molecule has 0 bridgehead atoms. The van der Waals surface area contributed by atoms with Crippen LogP contribution in [0.1, 0.15) is 0 Å². The van der Waals surface area contributed by atoms with Gasteiger partial charge in [-0.2, -0.15) is 9.97 Å². The maximum Gasteiger partial charge on any atom is 0.367 e. The lowest BCUT2D eigenvalue weighted by atomic mass is 10.7. The van der Waals surface area contributed by atoms with Crippen molar-refractivity contribution in [3.8, 4) is 6.01 Å². The van der Waals surface area contributed by atoms with E-state index in [1.165, 1.54) is 12.4 Å². The van der Waals surface area contributed by atoms with Gasteiger partial charge in [0.2, 0.25) is 0 Å². The smallest absolute Gasteiger partial charge is 0.244 e. The molecule has 1 rings (SSSR count). The highest BCUT2D eigenvalue weighted by Gasteiger charge is 1.89. The van der Waals surface area contributed by atoms with Gasteiger partial charge in [-0.15, -0.1) is 0 Å². The molecule has 0 spiro atoms. The van der Waals surface area contributed by atoms with Crippen LogP contribution in [-0.2, 0) is 5.11 Å². The second kappa shape index (κ2) is 2.09. The van der Waals surface area contributed by atoms with Crippen molar-refractivity contribution in [1.29, 1.82) is 0 Å². The van der Waals surface area contributed by atoms with Gasteiger partial charge in [0, 0.05) is 12.4 Å². The van der Waals surface area contributed by atoms with E-state index in [1.807, 2.05) is 0 Å². The molecular formula is C4H2BrN2O. The summed E-state index contributed by atoms with van der Waals surface area (Å²) in [6.07, 6.45) is 2.82. The molecule has 0 aliphatic rings. The molecule has 0 aliphatic carbocycles. The highest BCUT2D eigenvalue weighted by atomic mass is 79.9. The molecule has 1 radical (unpaired) electrons. The van der Waals surface area contributed by atoms with Crippen molar-refractivity contribution in [2.45, 2.75) is 0 Å². The fourth-order valence-electron chi connectivity index (χ4n) is 0.300. The largest absolute Gasteiger partial charge is 0.367 e. The SMILES string of the molecule is [O]c1ncc(Br)cn1. The van der Waals surface area contributed by atoms with Crippen molar-refractivity contribution < 1.29 is 5.11 Å². The van der Waals surface area contributed by atoms with Gasteiger partial charge in [-0.3, -0.25) is 0 Å². The quantitative estimate of drug-likeness (QED) is 0.596. The molecule has 0 unspecified atom stereocenters. The minimum Gasteiger partial charge on any atom is -0.244 e. The Morgan fingerprint density at radius 2 is 1.88 bits per heavy atom. The van der Waals surface area contributed by atoms with Crippen LogP contribution in [0.15, 0.2) is 16.9 Å². The van der Waals surface area contributed by atoms with Crippen LogP contribution >= 0.6 is 15.9 Å². The minimum atomic E-state index is -0.451. The number of rotatable bonds is 0. The number of hydrogen-bond acceptors (Lipinski definition) is 2. The summed E-state index contributed by atoms with van der Waals surface area (Å²) in [7, 11) is 0. The molecule has 0 aliphatic heterocycles. The van der Waals surface area contributed by atoms with Gasteiger partial charge in [0.25, 0.3) is 0 Å². The van der Waals surface area contributed by atoms with Gasteiger partial charge >= 0.3 is 6.01 Å². The van der Waals surface area contributed by atoms with Crippen LogP contribution < -0.4 is 0 Å². The van der Waals surface area contributed by atoms with E-state index in [0.29, 0.717) is 0 Å². The Bertz CT molecular complexity index is 153. The number of aromatic nitrogens is 2. The summed E-state index contributed by atoms with van der Waals surface area (Å²) in [6.45, 7) is 0. The van der Waals surface area contributed by atoms with E-state index in [1.54, 1.807) is 0 Å². The zero-order valence-corrected chi connectivity index (χ0v) is 5.42. The third-order valence-electron chi connectivity index (χ3n) is 0.597. The fraction of sp³-hybridized carbons (Fsp3) is 0. The Kier molecular flexibility index (Phi) is 1.43. The van der Waals surface area contributed by atoms with Crippen molar-refractivity contribution >= 4 is 15.9 Å². The molecule has 3 nitrogen and oxygen atoms in total. The van der Waals surface area contributed by atoms with E-state index in [2.05, 4.69) is 25.9 Å². The average Bonchev–Trinajstić information content (AvgIpc) is 1.77. The highest BCUT2D eigenvalue weighted by molar-refractivity contribution is 9.10. The monoisotopic (exact) mass is 173 g/mol. The zero-order chi connectivity index (χ0) is 5.98. The van der Waals surface area contributed by atoms with E-state index in [9.17, 15) is 5.11 Å². The Morgan fingerprint density at radius 1 is 1.38 bits per heavy atom. The molecule has 0 fully saturated rings. The zero-order valence-electron chi connectivity index (χ0n) is 3.84. The van der Waals surface area contributed by atoms with Crippen LogP contribution in [0.25, 0.3) is 0 Å². The van der Waals surface area contributed by atoms with Crippen molar-refractivity contribution in [1.82, 2.24) is 9.97 Å². The molecule has 0 saturated heterocycles. The van der Waals surface area contributed by atoms with Crippen LogP contribution in [0.5, 0.6) is 6.01 Å². The molecule has 1 heterocycles. The molecular weight excluding hydrogens is 172 g/mol. The first-order valence-corrected chi connectivity index (χ1v) is 2.73. The first kappa shape index (κ1) is 5.50. The molecule has 0 amide bonds. The summed E-state index contributed by atoms with van der Waals surface area (Å²) >= 11 is 3.08. The van der Waals surface area contributed by atoms with Gasteiger partial charge in [0.15, 0.2) is 0 Å². The van der Waals surface area contributed by atoms with Crippen LogP contribution in [0.2, 0.25) is 0 Å². The molecule has 8 heavy (non-hydrogen) atoms. The average molecular weight is 174 g/mol. The Hall–Kier alpha value is -0.640. The molecule has 0 N–H and O–H groups in total. The van der Waals surface area contributed by atoms with E-state index in [4.69, 9.17) is 0 Å². The van der Waals surface area contributed by atoms with Crippen molar-refractivity contribution in [2.24, 2.45) is 0 Å². The molecule has 4 heteroatoms. The molecule has 0 aromatic carbocycles. The molecule has 1 aromatic rings. The topological polar surface area (TPSA) is 45.7 Å². The first-order valence-electron chi connectivity index (χ1n) is 1.93. The summed E-state index contributed by atoms with van der Waals surface area (Å²) < 4.78 is 0.720. The number of nitrogens with zero attached hydrogens (tertiary/aromatic N) is 2. The second-order valence-electron chi connectivity index (χ2n) is 1.18. The fourth-order valence-corrected chi connectivity index (χ4v) is 0.505. The Morgan fingerprint density at radius 3 is 2.25 bits per heavy atom. The van der Waals surface area contributed by atoms with E-state index < -0.39 is 6.01 Å². The third kappa shape index (κ3) is 1.16. The van der Waals surface area contributed by atoms with Crippen LogP contribution in [0.3, 0.4) is 0 Å². The van der Waals surface area contributed by atoms with Crippen molar-refractivity contribution in [3.05, 3.63) is 16.9 Å². The maximum atomic E-state index is 10.2. The Balaban J connectivity index is 3.03. The van der Waals surface area contributed by atoms with E-state index in [-0.39, 0.29) is 0 Å².